The van der Waals surface area contributed by atoms with E-state index in [1.807, 2.05) is 0 Å². The minimum atomic E-state index is -0.491. The molecule has 0 spiro atoms. The van der Waals surface area contributed by atoms with Crippen LogP contribution < -0.4 is 5.32 Å². The molecular formula is C15H25NO4. The van der Waals surface area contributed by atoms with Gasteiger partial charge in [-0.3, -0.25) is 0 Å². The summed E-state index contributed by atoms with van der Waals surface area (Å²) in [4.78, 5) is 22.6. The van der Waals surface area contributed by atoms with Gasteiger partial charge in [0.05, 0.1) is 6.54 Å². The first-order valence-electron chi connectivity index (χ1n) is 7.38. The van der Waals surface area contributed by atoms with Crippen molar-refractivity contribution in [2.45, 2.75) is 57.5 Å². The molecule has 114 valence electrons. The molecule has 0 aromatic rings. The third kappa shape index (κ3) is 5.63. The van der Waals surface area contributed by atoms with Gasteiger partial charge in [0.25, 0.3) is 0 Å². The summed E-state index contributed by atoms with van der Waals surface area (Å²) in [6.45, 7) is 5.77. The van der Waals surface area contributed by atoms with Gasteiger partial charge >= 0.3 is 12.1 Å². The Hall–Kier alpha value is -1.52. The lowest BCUT2D eigenvalue weighted by Gasteiger charge is -2.36. The molecule has 0 saturated heterocycles. The van der Waals surface area contributed by atoms with Gasteiger partial charge in [0.1, 0.15) is 12.2 Å². The third-order valence-electron chi connectivity index (χ3n) is 3.56. The normalized spacial score (nSPS) is 17.1. The van der Waals surface area contributed by atoms with Gasteiger partial charge in [0, 0.05) is 6.08 Å². The van der Waals surface area contributed by atoms with E-state index in [4.69, 9.17) is 9.47 Å². The van der Waals surface area contributed by atoms with Crippen LogP contribution in [-0.4, -0.2) is 30.8 Å². The van der Waals surface area contributed by atoms with Crippen molar-refractivity contribution in [2.75, 3.05) is 13.2 Å². The van der Waals surface area contributed by atoms with E-state index < -0.39 is 12.1 Å². The summed E-state index contributed by atoms with van der Waals surface area (Å²) in [6.07, 6.45) is 7.92. The fourth-order valence-corrected chi connectivity index (χ4v) is 2.65. The van der Waals surface area contributed by atoms with Crippen molar-refractivity contribution in [1.82, 2.24) is 5.32 Å². The van der Waals surface area contributed by atoms with Gasteiger partial charge in [-0.2, -0.15) is 0 Å². The minimum absolute atomic E-state index is 0.126. The van der Waals surface area contributed by atoms with Crippen LogP contribution in [0.15, 0.2) is 12.7 Å². The summed E-state index contributed by atoms with van der Waals surface area (Å²) in [5.74, 6) is -0.491. The van der Waals surface area contributed by atoms with Crippen LogP contribution in [0.1, 0.15) is 51.9 Å². The molecule has 20 heavy (non-hydrogen) atoms. The summed E-state index contributed by atoms with van der Waals surface area (Å²) in [7, 11) is 0. The quantitative estimate of drug-likeness (QED) is 0.443. The van der Waals surface area contributed by atoms with Gasteiger partial charge < -0.3 is 14.8 Å². The van der Waals surface area contributed by atoms with E-state index in [9.17, 15) is 9.59 Å². The Morgan fingerprint density at radius 3 is 2.60 bits per heavy atom. The molecule has 0 aromatic carbocycles. The van der Waals surface area contributed by atoms with Gasteiger partial charge in [-0.05, 0) is 32.1 Å². The molecule has 5 nitrogen and oxygen atoms in total. The predicted octanol–water partition coefficient (Wildman–Crippen LogP) is 2.94. The number of rotatable bonds is 7. The van der Waals surface area contributed by atoms with Gasteiger partial charge in [0.2, 0.25) is 0 Å². The van der Waals surface area contributed by atoms with E-state index in [1.54, 1.807) is 0 Å². The highest BCUT2D eigenvalue weighted by atomic mass is 16.6. The van der Waals surface area contributed by atoms with Gasteiger partial charge in [-0.15, -0.1) is 0 Å². The summed E-state index contributed by atoms with van der Waals surface area (Å²) >= 11 is 0. The molecule has 0 heterocycles. The van der Waals surface area contributed by atoms with Crippen molar-refractivity contribution in [2.24, 2.45) is 0 Å². The highest BCUT2D eigenvalue weighted by Gasteiger charge is 2.34. The summed E-state index contributed by atoms with van der Waals surface area (Å²) in [6, 6.07) is 0. The van der Waals surface area contributed by atoms with Crippen molar-refractivity contribution in [1.29, 1.82) is 0 Å². The summed E-state index contributed by atoms with van der Waals surface area (Å²) in [5.41, 5.74) is -0.297. The Morgan fingerprint density at radius 1 is 1.30 bits per heavy atom. The topological polar surface area (TPSA) is 64.6 Å². The maximum absolute atomic E-state index is 11.8. The second-order valence-corrected chi connectivity index (χ2v) is 5.18. The first kappa shape index (κ1) is 16.5. The van der Waals surface area contributed by atoms with Crippen LogP contribution >= 0.6 is 0 Å². The number of esters is 1. The second-order valence-electron chi connectivity index (χ2n) is 5.18. The average Bonchev–Trinajstić information content (AvgIpc) is 2.44. The molecule has 5 heteroatoms. The zero-order valence-corrected chi connectivity index (χ0v) is 12.3. The number of hydrogen-bond acceptors (Lipinski definition) is 4. The van der Waals surface area contributed by atoms with Crippen molar-refractivity contribution >= 4 is 12.1 Å². The second kappa shape index (κ2) is 8.61. The Bertz CT molecular complexity index is 329. The Labute approximate surface area is 120 Å². The van der Waals surface area contributed by atoms with E-state index in [0.29, 0.717) is 0 Å². The number of carbonyl (C=O) groups is 2. The van der Waals surface area contributed by atoms with Gasteiger partial charge in [-0.1, -0.05) is 26.3 Å². The number of nitrogens with one attached hydrogen (secondary N) is 1. The van der Waals surface area contributed by atoms with Crippen molar-refractivity contribution < 1.29 is 19.1 Å². The highest BCUT2D eigenvalue weighted by Crippen LogP contribution is 2.35. The van der Waals surface area contributed by atoms with E-state index in [0.717, 1.165) is 44.6 Å². The lowest BCUT2D eigenvalue weighted by Crippen LogP contribution is -2.41. The maximum Gasteiger partial charge on any atom is 0.407 e. The van der Waals surface area contributed by atoms with Crippen molar-refractivity contribution in [3.8, 4) is 0 Å². The van der Waals surface area contributed by atoms with Crippen LogP contribution in [0, 0.1) is 0 Å². The third-order valence-corrected chi connectivity index (χ3v) is 3.56. The molecule has 0 radical (unpaired) electrons. The van der Waals surface area contributed by atoms with Crippen LogP contribution in [0.3, 0.4) is 0 Å². The van der Waals surface area contributed by atoms with E-state index in [-0.39, 0.29) is 18.8 Å². The molecule has 1 aliphatic carbocycles. The van der Waals surface area contributed by atoms with E-state index in [1.165, 1.54) is 6.42 Å². The van der Waals surface area contributed by atoms with Crippen molar-refractivity contribution in [3.05, 3.63) is 12.7 Å². The molecule has 0 aliphatic heterocycles. The number of amides is 1. The fourth-order valence-electron chi connectivity index (χ4n) is 2.65. The molecule has 1 amide bonds. The number of alkyl carbamates (subject to hydrolysis) is 1. The molecule has 1 fully saturated rings. The van der Waals surface area contributed by atoms with E-state index >= 15 is 0 Å². The standard InChI is InChI=1S/C15H25NO4/c1-3-8-15(9-6-5-7-10-15)20-14(18)16-11-12-19-13(17)4-2/h4H,2-3,5-12H2,1H3,(H,16,18). The minimum Gasteiger partial charge on any atom is -0.461 e. The van der Waals surface area contributed by atoms with Crippen molar-refractivity contribution in [3.63, 3.8) is 0 Å². The van der Waals surface area contributed by atoms with E-state index in [2.05, 4.69) is 18.8 Å². The van der Waals surface area contributed by atoms with Crippen LogP contribution in [0.5, 0.6) is 0 Å². The molecule has 1 N–H and O–H groups in total. The van der Waals surface area contributed by atoms with Crippen LogP contribution in [0.25, 0.3) is 0 Å². The SMILES string of the molecule is C=CC(=O)OCCNC(=O)OC1(CCC)CCCCC1. The number of ether oxygens (including phenoxy) is 2. The lowest BCUT2D eigenvalue weighted by molar-refractivity contribution is -0.137. The van der Waals surface area contributed by atoms with Crippen LogP contribution in [0.4, 0.5) is 4.79 Å². The smallest absolute Gasteiger partial charge is 0.407 e. The molecule has 1 saturated carbocycles. The number of hydrogen-bond donors (Lipinski definition) is 1. The number of carbonyl (C=O) groups excluding carboxylic acids is 2. The molecule has 1 rings (SSSR count). The molecule has 1 aliphatic rings. The van der Waals surface area contributed by atoms with Gasteiger partial charge in [-0.25, -0.2) is 9.59 Å². The molecule has 0 aromatic heterocycles. The Morgan fingerprint density at radius 2 is 2.00 bits per heavy atom. The Balaban J connectivity index is 2.31. The predicted molar refractivity (Wildman–Crippen MR) is 76.4 cm³/mol. The lowest BCUT2D eigenvalue weighted by atomic mass is 9.81. The monoisotopic (exact) mass is 283 g/mol. The van der Waals surface area contributed by atoms with Crippen LogP contribution in [-0.2, 0) is 14.3 Å². The fraction of sp³-hybridized carbons (Fsp3) is 0.733. The molecule has 0 unspecified atom stereocenters. The highest BCUT2D eigenvalue weighted by molar-refractivity contribution is 5.81. The zero-order chi connectivity index (χ0) is 14.8. The molecule has 0 atom stereocenters. The first-order chi connectivity index (χ1) is 9.62. The van der Waals surface area contributed by atoms with Crippen LogP contribution in [0.2, 0.25) is 0 Å². The molecular weight excluding hydrogens is 258 g/mol. The average molecular weight is 283 g/mol. The van der Waals surface area contributed by atoms with Gasteiger partial charge in [0.15, 0.2) is 0 Å². The largest absolute Gasteiger partial charge is 0.461 e. The first-order valence-corrected chi connectivity index (χ1v) is 7.38. The molecule has 0 bridgehead atoms. The maximum atomic E-state index is 11.8. The zero-order valence-electron chi connectivity index (χ0n) is 12.3. The summed E-state index contributed by atoms with van der Waals surface area (Å²) in [5, 5.41) is 2.62. The summed E-state index contributed by atoms with van der Waals surface area (Å²) < 4.78 is 10.4. The Kier molecular flexibility index (Phi) is 7.12.